The highest BCUT2D eigenvalue weighted by atomic mass is 16.5. The molecular formula is C18H28N2O. The summed E-state index contributed by atoms with van der Waals surface area (Å²) >= 11 is 0. The van der Waals surface area contributed by atoms with Crippen molar-refractivity contribution in [3.05, 3.63) is 29.8 Å². The standard InChI is InChI=1S/C18H28N2O/c1-14(2)21-18-5-3-4-15(12-18)13-19-16-8-10-20(11-9-16)17-6-7-17/h3-5,12,14,16-17,19H,6-11,13H2,1-2H3. The van der Waals surface area contributed by atoms with Crippen molar-refractivity contribution in [3.8, 4) is 5.75 Å². The summed E-state index contributed by atoms with van der Waals surface area (Å²) in [5.41, 5.74) is 1.32. The number of ether oxygens (including phenoxy) is 1. The fraction of sp³-hybridized carbons (Fsp3) is 0.667. The summed E-state index contributed by atoms with van der Waals surface area (Å²) in [5.74, 6) is 0.979. The number of nitrogens with zero attached hydrogens (tertiary/aromatic N) is 1. The van der Waals surface area contributed by atoms with Gasteiger partial charge in [0.1, 0.15) is 5.75 Å². The molecule has 1 saturated carbocycles. The molecule has 0 atom stereocenters. The molecule has 116 valence electrons. The Morgan fingerprint density at radius 3 is 2.62 bits per heavy atom. The predicted octanol–water partition coefficient (Wildman–Crippen LogP) is 3.19. The molecule has 3 heteroatoms. The summed E-state index contributed by atoms with van der Waals surface area (Å²) in [5, 5.41) is 3.72. The van der Waals surface area contributed by atoms with Crippen molar-refractivity contribution >= 4 is 0 Å². The number of rotatable bonds is 6. The van der Waals surface area contributed by atoms with Gasteiger partial charge >= 0.3 is 0 Å². The third kappa shape index (κ3) is 4.45. The van der Waals surface area contributed by atoms with Crippen LogP contribution in [-0.4, -0.2) is 36.2 Å². The van der Waals surface area contributed by atoms with E-state index in [9.17, 15) is 0 Å². The van der Waals surface area contributed by atoms with Crippen LogP contribution in [0.2, 0.25) is 0 Å². The first kappa shape index (κ1) is 14.9. The van der Waals surface area contributed by atoms with Crippen LogP contribution in [-0.2, 0) is 6.54 Å². The Kier molecular flexibility index (Phi) is 4.81. The van der Waals surface area contributed by atoms with Crippen molar-refractivity contribution in [2.24, 2.45) is 0 Å². The van der Waals surface area contributed by atoms with E-state index in [-0.39, 0.29) is 6.10 Å². The van der Waals surface area contributed by atoms with Gasteiger partial charge in [0.2, 0.25) is 0 Å². The van der Waals surface area contributed by atoms with Crippen LogP contribution in [0.5, 0.6) is 5.75 Å². The molecule has 1 saturated heterocycles. The average Bonchev–Trinajstić information content (AvgIpc) is 3.30. The summed E-state index contributed by atoms with van der Waals surface area (Å²) in [6.45, 7) is 7.64. The van der Waals surface area contributed by atoms with Crippen LogP contribution in [0.1, 0.15) is 45.1 Å². The van der Waals surface area contributed by atoms with E-state index >= 15 is 0 Å². The Labute approximate surface area is 128 Å². The topological polar surface area (TPSA) is 24.5 Å². The normalized spacial score (nSPS) is 20.9. The lowest BCUT2D eigenvalue weighted by Gasteiger charge is -2.32. The molecule has 21 heavy (non-hydrogen) atoms. The molecule has 1 aliphatic carbocycles. The molecule has 0 radical (unpaired) electrons. The second-order valence-corrected chi connectivity index (χ2v) is 6.74. The summed E-state index contributed by atoms with van der Waals surface area (Å²) in [6.07, 6.45) is 5.68. The molecule has 1 N–H and O–H groups in total. The lowest BCUT2D eigenvalue weighted by molar-refractivity contribution is 0.189. The van der Waals surface area contributed by atoms with Gasteiger partial charge in [0.25, 0.3) is 0 Å². The highest BCUT2D eigenvalue weighted by Gasteiger charge is 2.31. The van der Waals surface area contributed by atoms with Crippen molar-refractivity contribution in [1.29, 1.82) is 0 Å². The monoisotopic (exact) mass is 288 g/mol. The van der Waals surface area contributed by atoms with Crippen LogP contribution < -0.4 is 10.1 Å². The number of benzene rings is 1. The van der Waals surface area contributed by atoms with Crippen LogP contribution in [0.25, 0.3) is 0 Å². The van der Waals surface area contributed by atoms with Crippen molar-refractivity contribution < 1.29 is 4.74 Å². The summed E-state index contributed by atoms with van der Waals surface area (Å²) in [6, 6.07) is 10.1. The molecule has 0 spiro atoms. The number of hydrogen-bond acceptors (Lipinski definition) is 3. The Bertz CT molecular complexity index is 448. The lowest BCUT2D eigenvalue weighted by Crippen LogP contribution is -2.43. The first-order valence-corrected chi connectivity index (χ1v) is 8.44. The van der Waals surface area contributed by atoms with Gasteiger partial charge in [-0.25, -0.2) is 0 Å². The van der Waals surface area contributed by atoms with Crippen molar-refractivity contribution in [1.82, 2.24) is 10.2 Å². The van der Waals surface area contributed by atoms with Crippen LogP contribution in [0, 0.1) is 0 Å². The first-order chi connectivity index (χ1) is 10.2. The molecule has 1 aromatic rings. The van der Waals surface area contributed by atoms with E-state index in [1.807, 2.05) is 6.07 Å². The second kappa shape index (κ2) is 6.80. The third-order valence-electron chi connectivity index (χ3n) is 4.46. The van der Waals surface area contributed by atoms with Gasteiger partial charge in [-0.3, -0.25) is 0 Å². The minimum Gasteiger partial charge on any atom is -0.491 e. The highest BCUT2D eigenvalue weighted by Crippen LogP contribution is 2.29. The van der Waals surface area contributed by atoms with E-state index in [1.165, 1.54) is 44.3 Å². The molecular weight excluding hydrogens is 260 g/mol. The van der Waals surface area contributed by atoms with Crippen LogP contribution in [0.3, 0.4) is 0 Å². The zero-order valence-corrected chi connectivity index (χ0v) is 13.3. The maximum Gasteiger partial charge on any atom is 0.120 e. The van der Waals surface area contributed by atoms with E-state index in [1.54, 1.807) is 0 Å². The molecule has 3 nitrogen and oxygen atoms in total. The summed E-state index contributed by atoms with van der Waals surface area (Å²) < 4.78 is 5.76. The quantitative estimate of drug-likeness (QED) is 0.870. The minimum absolute atomic E-state index is 0.236. The van der Waals surface area contributed by atoms with Gasteiger partial charge in [0.05, 0.1) is 6.10 Å². The van der Waals surface area contributed by atoms with Crippen molar-refractivity contribution in [2.75, 3.05) is 13.1 Å². The van der Waals surface area contributed by atoms with Crippen molar-refractivity contribution in [2.45, 2.75) is 64.3 Å². The molecule has 2 fully saturated rings. The molecule has 0 unspecified atom stereocenters. The Morgan fingerprint density at radius 1 is 1.19 bits per heavy atom. The predicted molar refractivity (Wildman–Crippen MR) is 86.7 cm³/mol. The van der Waals surface area contributed by atoms with E-state index in [4.69, 9.17) is 4.74 Å². The van der Waals surface area contributed by atoms with E-state index < -0.39 is 0 Å². The Balaban J connectivity index is 1.44. The fourth-order valence-corrected chi connectivity index (χ4v) is 3.17. The molecule has 2 aliphatic rings. The van der Waals surface area contributed by atoms with Crippen LogP contribution >= 0.6 is 0 Å². The zero-order chi connectivity index (χ0) is 14.7. The number of piperidine rings is 1. The number of nitrogens with one attached hydrogen (secondary N) is 1. The average molecular weight is 288 g/mol. The second-order valence-electron chi connectivity index (χ2n) is 6.74. The van der Waals surface area contributed by atoms with Gasteiger partial charge in [0, 0.05) is 18.6 Å². The first-order valence-electron chi connectivity index (χ1n) is 8.44. The SMILES string of the molecule is CC(C)Oc1cccc(CNC2CCN(C3CC3)CC2)c1. The van der Waals surface area contributed by atoms with Gasteiger partial charge in [-0.2, -0.15) is 0 Å². The van der Waals surface area contributed by atoms with Crippen LogP contribution in [0.4, 0.5) is 0 Å². The summed E-state index contributed by atoms with van der Waals surface area (Å²) in [7, 11) is 0. The maximum absolute atomic E-state index is 5.76. The van der Waals surface area contributed by atoms with E-state index in [0.717, 1.165) is 18.3 Å². The van der Waals surface area contributed by atoms with E-state index in [0.29, 0.717) is 6.04 Å². The van der Waals surface area contributed by atoms with Crippen LogP contribution in [0.15, 0.2) is 24.3 Å². The molecule has 3 rings (SSSR count). The largest absolute Gasteiger partial charge is 0.491 e. The number of hydrogen-bond donors (Lipinski definition) is 1. The van der Waals surface area contributed by atoms with Crippen molar-refractivity contribution in [3.63, 3.8) is 0 Å². The van der Waals surface area contributed by atoms with Gasteiger partial charge in [-0.15, -0.1) is 0 Å². The molecule has 0 aromatic heterocycles. The van der Waals surface area contributed by atoms with Gasteiger partial charge in [0.15, 0.2) is 0 Å². The van der Waals surface area contributed by atoms with E-state index in [2.05, 4.69) is 42.3 Å². The lowest BCUT2D eigenvalue weighted by atomic mass is 10.0. The molecule has 0 amide bonds. The minimum atomic E-state index is 0.236. The summed E-state index contributed by atoms with van der Waals surface area (Å²) in [4.78, 5) is 2.68. The molecule has 1 aliphatic heterocycles. The van der Waals surface area contributed by atoms with Gasteiger partial charge in [-0.1, -0.05) is 12.1 Å². The van der Waals surface area contributed by atoms with Gasteiger partial charge in [-0.05, 0) is 70.3 Å². The molecule has 1 aromatic carbocycles. The Hall–Kier alpha value is -1.06. The molecule has 0 bridgehead atoms. The Morgan fingerprint density at radius 2 is 1.95 bits per heavy atom. The zero-order valence-electron chi connectivity index (χ0n) is 13.3. The maximum atomic E-state index is 5.76. The molecule has 1 heterocycles. The third-order valence-corrected chi connectivity index (χ3v) is 4.46. The fourth-order valence-electron chi connectivity index (χ4n) is 3.17. The smallest absolute Gasteiger partial charge is 0.120 e. The number of likely N-dealkylation sites (tertiary alicyclic amines) is 1. The van der Waals surface area contributed by atoms with Gasteiger partial charge < -0.3 is 15.0 Å². The highest BCUT2D eigenvalue weighted by molar-refractivity contribution is 5.28.